The molecule has 6 aromatic carbocycles. The third-order valence-corrected chi connectivity index (χ3v) is 22.7. The number of ether oxygens (including phenoxy) is 1. The van der Waals surface area contributed by atoms with Crippen LogP contribution in [0.15, 0.2) is 170 Å². The Hall–Kier alpha value is -10.3. The number of aliphatic hydroxyl groups is 2. The number of aliphatic hydroxyl groups excluding tert-OH is 2. The van der Waals surface area contributed by atoms with Crippen LogP contribution >= 0.6 is 11.8 Å². The lowest BCUT2D eigenvalue weighted by Crippen LogP contribution is -2.73. The van der Waals surface area contributed by atoms with Crippen molar-refractivity contribution in [3.8, 4) is 11.5 Å². The summed E-state index contributed by atoms with van der Waals surface area (Å²) < 4.78 is 5.90. The molecule has 127 heavy (non-hydrogen) atoms. The highest BCUT2D eigenvalue weighted by Crippen LogP contribution is 2.41. The number of carbonyl (C=O) groups excluding carboxylic acids is 9. The molecule has 0 heterocycles. The number of nitrogens with zero attached hydrogens (tertiary/aromatic N) is 1. The minimum atomic E-state index is -1.53. The Balaban J connectivity index is 0.0000142. The predicted octanol–water partition coefficient (Wildman–Crippen LogP) is 9.40. The summed E-state index contributed by atoms with van der Waals surface area (Å²) in [6.45, 7) is 19.7. The van der Waals surface area contributed by atoms with Gasteiger partial charge in [-0.2, -0.15) is 16.8 Å². The van der Waals surface area contributed by atoms with E-state index in [0.29, 0.717) is 67.6 Å². The maximum atomic E-state index is 15.1. The minimum absolute atomic E-state index is 0.0155. The molecule has 0 radical (unpaired) electrons. The zero-order valence-electron chi connectivity index (χ0n) is 75.4. The van der Waals surface area contributed by atoms with Crippen molar-refractivity contribution in [3.63, 3.8) is 0 Å². The number of quaternary nitrogens is 1. The second kappa shape index (κ2) is 57.5. The normalized spacial score (nSPS) is 14.6. The van der Waals surface area contributed by atoms with Crippen molar-refractivity contribution in [1.82, 2.24) is 42.3 Å². The van der Waals surface area contributed by atoms with Crippen LogP contribution in [0.3, 0.4) is 0 Å². The number of hydroxylamine groups is 2. The average molecular weight is 1780 g/mol. The predicted molar refractivity (Wildman–Crippen MR) is 489 cm³/mol. The van der Waals surface area contributed by atoms with Crippen LogP contribution < -0.4 is 48.7 Å². The van der Waals surface area contributed by atoms with Gasteiger partial charge in [0, 0.05) is 81.0 Å². The fraction of sp³-hybridized carbons (Fsp3) is 0.515. The SMILES string of the molecule is CC.CC(C)CC(CC(=O)C(Cc1ccc(O)cc1)NC(=O)C(CC(=O)C(Cc1ccccc1)NC(=O)C(CO)NC(=O)CSCCC(=O)NCCCCOCCNC(=O)C(CC(CC(ON(C(c1ccccc1)C(C)C)C(C)(C)C)c1ccc(O)cc1)C(=O)O)CC(C)c1ccccc1)Cc1ccccc1)C(=O)NC(CCCNC(N)[NH3+])C(=O)CC(CO)C(=O)O. The monoisotopic (exact) mass is 1780 g/mol. The molecule has 6 amide bonds. The van der Waals surface area contributed by atoms with Crippen molar-refractivity contribution in [2.45, 2.75) is 220 Å². The highest BCUT2D eigenvalue weighted by atomic mass is 32.2. The number of hydrogen-bond donors (Lipinski definition) is 15. The van der Waals surface area contributed by atoms with E-state index in [-0.39, 0.29) is 123 Å². The molecule has 30 heteroatoms. The molecular formula is C97H139N10O19S+. The topological polar surface area (TPSA) is 469 Å². The zero-order chi connectivity index (χ0) is 93.5. The second-order valence-electron chi connectivity index (χ2n) is 34.0. The van der Waals surface area contributed by atoms with Crippen molar-refractivity contribution < 1.29 is 98.7 Å². The first kappa shape index (κ1) is 107. The molecule has 18 N–H and O–H groups in total. The smallest absolute Gasteiger partial charge is 0.309 e. The quantitative estimate of drug-likeness (QED) is 0.00959. The van der Waals surface area contributed by atoms with Crippen LogP contribution in [-0.2, 0) is 81.6 Å². The van der Waals surface area contributed by atoms with Gasteiger partial charge < -0.3 is 73.0 Å². The number of aliphatic carboxylic acids is 2. The number of Topliss-reactive ketones (excluding diaryl/α,β-unsaturated/α-hetero) is 3. The number of rotatable bonds is 60. The Morgan fingerprint density at radius 1 is 0.472 bits per heavy atom. The molecule has 6 aromatic rings. The van der Waals surface area contributed by atoms with Gasteiger partial charge in [-0.25, -0.2) is 0 Å². The van der Waals surface area contributed by atoms with E-state index in [1.165, 1.54) is 12.1 Å². The van der Waals surface area contributed by atoms with Gasteiger partial charge in [-0.15, -0.1) is 0 Å². The summed E-state index contributed by atoms with van der Waals surface area (Å²) in [6.07, 6.45) is -1.07. The molecule has 696 valence electrons. The van der Waals surface area contributed by atoms with Crippen molar-refractivity contribution >= 4 is 76.5 Å². The van der Waals surface area contributed by atoms with Gasteiger partial charge in [-0.3, -0.25) is 68.6 Å². The molecule has 6 rings (SSSR count). The van der Waals surface area contributed by atoms with Crippen molar-refractivity contribution in [3.05, 3.63) is 203 Å². The lowest BCUT2D eigenvalue weighted by atomic mass is 9.82. The number of phenols is 2. The van der Waals surface area contributed by atoms with E-state index in [9.17, 15) is 78.6 Å². The number of carbonyl (C=O) groups is 11. The van der Waals surface area contributed by atoms with Crippen molar-refractivity contribution in [2.75, 3.05) is 57.6 Å². The van der Waals surface area contributed by atoms with Crippen LogP contribution in [-0.4, -0.2) is 194 Å². The summed E-state index contributed by atoms with van der Waals surface area (Å²) in [6, 6.07) is 44.2. The first-order valence-corrected chi connectivity index (χ1v) is 45.5. The Bertz CT molecular complexity index is 4300. The minimum Gasteiger partial charge on any atom is -0.508 e. The van der Waals surface area contributed by atoms with Gasteiger partial charge in [-0.1, -0.05) is 194 Å². The third-order valence-electron chi connectivity index (χ3n) is 21.7. The molecule has 0 aliphatic rings. The average Bonchev–Trinajstić information content (AvgIpc) is 0.795. The molecule has 13 unspecified atom stereocenters. The number of benzene rings is 6. The van der Waals surface area contributed by atoms with E-state index in [0.717, 1.165) is 22.9 Å². The number of phenolic OH excluding ortho intramolecular Hbond substituents is 2. The number of thioether (sulfide) groups is 1. The molecular weight excluding hydrogens is 1640 g/mol. The maximum Gasteiger partial charge on any atom is 0.309 e. The van der Waals surface area contributed by atoms with Gasteiger partial charge in [0.1, 0.15) is 23.6 Å². The Morgan fingerprint density at radius 2 is 0.976 bits per heavy atom. The molecule has 29 nitrogen and oxygen atoms in total. The fourth-order valence-corrected chi connectivity index (χ4v) is 15.7. The largest absolute Gasteiger partial charge is 0.508 e. The van der Waals surface area contributed by atoms with E-state index >= 15 is 4.79 Å². The number of nitrogens with two attached hydrogens (primary N) is 1. The molecule has 0 saturated heterocycles. The molecule has 0 saturated carbocycles. The second-order valence-corrected chi connectivity index (χ2v) is 35.1. The number of unbranched alkanes of at least 4 members (excludes halogenated alkanes) is 1. The highest BCUT2D eigenvalue weighted by molar-refractivity contribution is 7.99. The summed E-state index contributed by atoms with van der Waals surface area (Å²) in [5.41, 5.74) is 13.4. The van der Waals surface area contributed by atoms with Gasteiger partial charge in [0.05, 0.1) is 61.6 Å². The van der Waals surface area contributed by atoms with Gasteiger partial charge in [0.2, 0.25) is 35.4 Å². The Labute approximate surface area is 752 Å². The van der Waals surface area contributed by atoms with Crippen LogP contribution in [0, 0.1) is 41.4 Å². The Kier molecular flexibility index (Phi) is 48.6. The van der Waals surface area contributed by atoms with Gasteiger partial charge >= 0.3 is 11.9 Å². The van der Waals surface area contributed by atoms with Crippen LogP contribution in [0.5, 0.6) is 11.5 Å². The fourth-order valence-electron chi connectivity index (χ4n) is 15.0. The zero-order valence-corrected chi connectivity index (χ0v) is 76.2. The first-order chi connectivity index (χ1) is 60.6. The molecule has 0 bridgehead atoms. The van der Waals surface area contributed by atoms with E-state index in [2.05, 4.69) is 68.9 Å². The van der Waals surface area contributed by atoms with Gasteiger partial charge in [0.15, 0.2) is 23.6 Å². The lowest BCUT2D eigenvalue weighted by molar-refractivity contribution is -0.427. The number of carboxylic acid groups (broad SMARTS) is 2. The van der Waals surface area contributed by atoms with E-state index in [1.807, 2.05) is 109 Å². The Morgan fingerprint density at radius 3 is 1.51 bits per heavy atom. The summed E-state index contributed by atoms with van der Waals surface area (Å²) in [4.78, 5) is 160. The molecule has 0 spiro atoms. The van der Waals surface area contributed by atoms with Gasteiger partial charge in [0.25, 0.3) is 0 Å². The lowest BCUT2D eigenvalue weighted by Gasteiger charge is -2.44. The number of ketones is 3. The molecule has 0 aliphatic carbocycles. The van der Waals surface area contributed by atoms with Crippen molar-refractivity contribution in [2.24, 2.45) is 47.2 Å². The molecule has 0 aliphatic heterocycles. The van der Waals surface area contributed by atoms with Crippen molar-refractivity contribution in [1.29, 1.82) is 0 Å². The van der Waals surface area contributed by atoms with Crippen LogP contribution in [0.2, 0.25) is 0 Å². The summed E-state index contributed by atoms with van der Waals surface area (Å²) >= 11 is 1.12. The molecule has 0 aromatic heterocycles. The highest BCUT2D eigenvalue weighted by Gasteiger charge is 2.40. The first-order valence-electron chi connectivity index (χ1n) is 44.3. The molecule has 13 atom stereocenters. The number of carboxylic acids is 2. The summed E-state index contributed by atoms with van der Waals surface area (Å²) in [7, 11) is 0. The summed E-state index contributed by atoms with van der Waals surface area (Å²) in [5, 5.41) is 83.2. The standard InChI is InChI=1S/C95H132N10O19S.C2H6/c1-61(2)48-70(89(116)102-77(32-23-43-100-94(96)97)81(110)56-74(58-106)93(121)122)54-82(111)78(52-66-33-37-75(108)38-34-66)103-90(117)72(50-64-24-13-9-14-25-64)55-83(112)79(51-65-26-15-10-16-27-65)104-91(118)80(59-107)101-86(114)60-125-47-41-85(113)98-42-21-22-45-123-46-44-99-88(115)71(49-63(5)67-28-17-11-18-29-67)53-73(92(119)120)57-84(68-35-39-76(109)40-36-68)124-105(95(6,7)8)87(62(3)4)69-30-19-12-20-31-69;1-2/h9-20,24-31,33-40,61-63,70-74,77-80,84,87,94,100,106-109H,21-23,32,41-60,96-97H2,1-8H3,(H,98,113)(H,99,115)(H,101,114)(H,102,116)(H,103,117)(H,104,118)(H,119,120)(H,121,122);1-2H3/p+1. The summed E-state index contributed by atoms with van der Waals surface area (Å²) in [5.74, 6) is -13.5. The van der Waals surface area contributed by atoms with Crippen LogP contribution in [0.25, 0.3) is 0 Å². The number of nitrogens with one attached hydrogen (secondary N) is 7. The van der Waals surface area contributed by atoms with Crippen LogP contribution in [0.1, 0.15) is 198 Å². The van der Waals surface area contributed by atoms with Crippen LogP contribution in [0.4, 0.5) is 0 Å². The number of hydrogen-bond acceptors (Lipinski definition) is 21. The van der Waals surface area contributed by atoms with E-state index in [4.69, 9.17) is 15.3 Å². The number of aromatic hydroxyl groups is 2. The molecule has 0 fully saturated rings. The third kappa shape index (κ3) is 39.9. The van der Waals surface area contributed by atoms with E-state index < -0.39 is 157 Å². The van der Waals surface area contributed by atoms with E-state index in [1.54, 1.807) is 97.1 Å². The van der Waals surface area contributed by atoms with Gasteiger partial charge in [-0.05, 0) is 167 Å². The maximum absolute atomic E-state index is 15.1. The number of amides is 6.